The van der Waals surface area contributed by atoms with E-state index < -0.39 is 87.8 Å². The van der Waals surface area contributed by atoms with Gasteiger partial charge in [0.25, 0.3) is 5.56 Å². The third kappa shape index (κ3) is 6.37. The van der Waals surface area contributed by atoms with Crippen LogP contribution in [0.2, 0.25) is 0 Å². The lowest BCUT2D eigenvalue weighted by Crippen LogP contribution is -2.38. The number of nitrogens with two attached hydrogens (primary N) is 1. The molecule has 43 heavy (non-hydrogen) atoms. The highest BCUT2D eigenvalue weighted by Crippen LogP contribution is 2.50. The first-order chi connectivity index (χ1) is 20.4. The first-order valence-electron chi connectivity index (χ1n) is 12.7. The van der Waals surface area contributed by atoms with Crippen molar-refractivity contribution in [1.82, 2.24) is 29.1 Å². The molecule has 21 heteroatoms. The number of fused-ring (bicyclic) bond motifs is 1. The van der Waals surface area contributed by atoms with E-state index in [9.17, 15) is 39.2 Å². The average molecular weight is 629 g/mol. The molecule has 0 bridgehead atoms. The molecule has 3 aromatic heterocycles. The fraction of sp³-hybridized carbons (Fsp3) is 0.545. The van der Waals surface area contributed by atoms with Crippen molar-refractivity contribution in [2.24, 2.45) is 0 Å². The number of H-pyrrole nitrogens is 1. The number of nitrogens with zero attached hydrogens (tertiary/aromatic N) is 5. The van der Waals surface area contributed by atoms with Crippen molar-refractivity contribution in [2.45, 2.75) is 56.3 Å². The topological polar surface area (TPSA) is 286 Å². The molecule has 5 rings (SSSR count). The van der Waals surface area contributed by atoms with Crippen LogP contribution >= 0.6 is 7.82 Å². The van der Waals surface area contributed by atoms with Crippen LogP contribution in [0.1, 0.15) is 24.4 Å². The van der Waals surface area contributed by atoms with E-state index in [0.717, 1.165) is 10.9 Å². The number of phosphoric acid groups is 1. The van der Waals surface area contributed by atoms with Crippen molar-refractivity contribution in [2.75, 3.05) is 25.6 Å². The Hall–Kier alpha value is -3.59. The summed E-state index contributed by atoms with van der Waals surface area (Å²) in [5.41, 5.74) is 5.06. The normalized spacial score (nSPS) is 28.8. The number of aromatic amines is 1. The maximum Gasteiger partial charge on any atom is 0.472 e. The van der Waals surface area contributed by atoms with Crippen molar-refractivity contribution in [3.63, 3.8) is 0 Å². The first-order valence-corrected chi connectivity index (χ1v) is 14.2. The summed E-state index contributed by atoms with van der Waals surface area (Å²) in [6.45, 7) is -0.803. The number of aliphatic hydroxyl groups excluding tert-OH is 2. The van der Waals surface area contributed by atoms with Crippen LogP contribution in [0.4, 0.5) is 5.82 Å². The van der Waals surface area contributed by atoms with Crippen LogP contribution in [0, 0.1) is 6.92 Å². The molecule has 3 aromatic rings. The van der Waals surface area contributed by atoms with Crippen molar-refractivity contribution >= 4 is 30.8 Å². The molecule has 0 spiro atoms. The number of carbonyl (C=O) groups is 1. The molecule has 20 nitrogen and oxygen atoms in total. The molecule has 0 amide bonds. The van der Waals surface area contributed by atoms with Gasteiger partial charge < -0.3 is 40.2 Å². The molecule has 0 radical (unpaired) electrons. The summed E-state index contributed by atoms with van der Waals surface area (Å²) in [5, 5.41) is 29.6. The number of aromatic nitrogens is 6. The number of rotatable bonds is 11. The van der Waals surface area contributed by atoms with E-state index in [0.29, 0.717) is 0 Å². The molecule has 0 saturated carbocycles. The van der Waals surface area contributed by atoms with Gasteiger partial charge in [-0.25, -0.2) is 29.1 Å². The summed E-state index contributed by atoms with van der Waals surface area (Å²) < 4.78 is 42.7. The number of nitrogens with one attached hydrogen (secondary N) is 1. The fourth-order valence-electron chi connectivity index (χ4n) is 4.80. The van der Waals surface area contributed by atoms with Crippen LogP contribution in [0.15, 0.2) is 28.4 Å². The Kier molecular flexibility index (Phi) is 8.75. The summed E-state index contributed by atoms with van der Waals surface area (Å²) in [6.07, 6.45) is -5.36. The molecule has 1 unspecified atom stereocenters. The molecule has 5 heterocycles. The van der Waals surface area contributed by atoms with Gasteiger partial charge in [-0.15, -0.1) is 0 Å². The van der Waals surface area contributed by atoms with Gasteiger partial charge >= 0.3 is 19.5 Å². The number of aryl methyl sites for hydroxylation is 1. The lowest BCUT2D eigenvalue weighted by molar-refractivity contribution is -0.148. The SMILES string of the molecule is Cc1cn([C@H]2C[C@H](O)[C@@H](COP(=O)(O)O[C@H]3[C@@H](OCC(=O)O)[C@H](n4cnc5c(N)ncnc54)O[C@@H]3CO)O2)c(=O)[nH]c1=O. The van der Waals surface area contributed by atoms with E-state index in [4.69, 9.17) is 29.0 Å². The van der Waals surface area contributed by atoms with Crippen LogP contribution in [0.25, 0.3) is 11.2 Å². The highest BCUT2D eigenvalue weighted by atomic mass is 31.2. The molecule has 8 atom stereocenters. The molecule has 0 aliphatic carbocycles. The van der Waals surface area contributed by atoms with Gasteiger partial charge in [-0.2, -0.15) is 0 Å². The molecular weight excluding hydrogens is 601 g/mol. The second-order valence-corrected chi connectivity index (χ2v) is 11.2. The van der Waals surface area contributed by atoms with E-state index >= 15 is 0 Å². The van der Waals surface area contributed by atoms with Crippen LogP contribution in [0.5, 0.6) is 0 Å². The summed E-state index contributed by atoms with van der Waals surface area (Å²) in [4.78, 5) is 59.9. The summed E-state index contributed by atoms with van der Waals surface area (Å²) in [7, 11) is -5.03. The van der Waals surface area contributed by atoms with E-state index in [2.05, 4.69) is 19.9 Å². The zero-order valence-electron chi connectivity index (χ0n) is 22.3. The molecule has 2 saturated heterocycles. The molecule has 7 N–H and O–H groups in total. The molecular formula is C22H28N7O13P. The highest BCUT2D eigenvalue weighted by molar-refractivity contribution is 7.47. The molecule has 2 aliphatic heterocycles. The molecule has 2 aliphatic rings. The first kappa shape index (κ1) is 30.9. The number of nitrogen functional groups attached to an aromatic ring is 1. The smallest absolute Gasteiger partial charge is 0.472 e. The van der Waals surface area contributed by atoms with Crippen molar-refractivity contribution in [3.8, 4) is 0 Å². The molecule has 2 fully saturated rings. The van der Waals surface area contributed by atoms with Gasteiger partial charge in [0.05, 0.1) is 25.6 Å². The quantitative estimate of drug-likeness (QED) is 0.122. The van der Waals surface area contributed by atoms with Crippen molar-refractivity contribution in [3.05, 3.63) is 45.3 Å². The van der Waals surface area contributed by atoms with E-state index in [1.807, 2.05) is 0 Å². The number of anilines is 1. The highest BCUT2D eigenvalue weighted by Gasteiger charge is 2.51. The summed E-state index contributed by atoms with van der Waals surface area (Å²) in [5.74, 6) is -1.32. The Morgan fingerprint density at radius 1 is 1.21 bits per heavy atom. The second-order valence-electron chi connectivity index (χ2n) is 9.75. The van der Waals surface area contributed by atoms with Crippen molar-refractivity contribution in [1.29, 1.82) is 0 Å². The zero-order valence-corrected chi connectivity index (χ0v) is 23.2. The monoisotopic (exact) mass is 629 g/mol. The van der Waals surface area contributed by atoms with Gasteiger partial charge in [0, 0.05) is 18.2 Å². The Morgan fingerprint density at radius 3 is 2.70 bits per heavy atom. The second kappa shape index (κ2) is 12.2. The van der Waals surface area contributed by atoms with Crippen LogP contribution < -0.4 is 17.0 Å². The van der Waals surface area contributed by atoms with Crippen molar-refractivity contribution < 1.29 is 52.8 Å². The predicted octanol–water partition coefficient (Wildman–Crippen LogP) is -2.22. The Labute approximate surface area is 240 Å². The zero-order chi connectivity index (χ0) is 31.1. The van der Waals surface area contributed by atoms with Gasteiger partial charge in [0.1, 0.15) is 49.1 Å². The van der Waals surface area contributed by atoms with E-state index in [-0.39, 0.29) is 29.0 Å². The Balaban J connectivity index is 1.32. The van der Waals surface area contributed by atoms with Gasteiger partial charge in [0.15, 0.2) is 17.7 Å². The number of imidazole rings is 1. The van der Waals surface area contributed by atoms with E-state index in [1.165, 1.54) is 24.0 Å². The molecule has 0 aromatic carbocycles. The minimum atomic E-state index is -5.03. The van der Waals surface area contributed by atoms with Gasteiger partial charge in [-0.05, 0) is 6.92 Å². The van der Waals surface area contributed by atoms with Crippen LogP contribution in [-0.2, 0) is 32.6 Å². The largest absolute Gasteiger partial charge is 0.480 e. The Bertz CT molecular complexity index is 1660. The third-order valence-electron chi connectivity index (χ3n) is 6.84. The standard InChI is InChI=1S/C22H28N7O13P/c1-9-3-28(22(35)27-20(9)34)13-2-10(31)12(40-13)5-39-43(36,37)42-16-11(4-30)41-21(17(16)38-6-14(32)33)29-8-26-15-18(23)24-7-25-19(15)29/h3,7-8,10-13,16-17,21,30-31H,2,4-6H2,1H3,(H,32,33)(H,36,37)(H2,23,24,25)(H,27,34,35)/t10-,11+,12+,13+,16+,17+,21+/m0/s1. The van der Waals surface area contributed by atoms with Crippen LogP contribution in [0.3, 0.4) is 0 Å². The summed E-state index contributed by atoms with van der Waals surface area (Å²) >= 11 is 0. The average Bonchev–Trinajstić information content (AvgIpc) is 3.63. The van der Waals surface area contributed by atoms with Gasteiger partial charge in [-0.1, -0.05) is 0 Å². The number of aliphatic hydroxyl groups is 2. The van der Waals surface area contributed by atoms with Gasteiger partial charge in [-0.3, -0.25) is 28.0 Å². The number of carboxylic acids is 1. The fourth-order valence-corrected chi connectivity index (χ4v) is 5.75. The predicted molar refractivity (Wildman–Crippen MR) is 139 cm³/mol. The maximum absolute atomic E-state index is 13.0. The number of aliphatic carboxylic acids is 1. The number of carboxylic acid groups (broad SMARTS) is 1. The summed E-state index contributed by atoms with van der Waals surface area (Å²) in [6, 6.07) is 0. The number of ether oxygens (including phenoxy) is 3. The number of hydrogen-bond donors (Lipinski definition) is 6. The van der Waals surface area contributed by atoms with E-state index in [1.54, 1.807) is 0 Å². The minimum absolute atomic E-state index is 0.0450. The van der Waals surface area contributed by atoms with Gasteiger partial charge in [0.2, 0.25) is 0 Å². The Morgan fingerprint density at radius 2 is 1.98 bits per heavy atom. The number of hydrogen-bond acceptors (Lipinski definition) is 15. The lowest BCUT2D eigenvalue weighted by Gasteiger charge is -2.26. The minimum Gasteiger partial charge on any atom is -0.480 e. The number of phosphoric ester groups is 1. The molecule has 234 valence electrons. The maximum atomic E-state index is 13.0. The lowest BCUT2D eigenvalue weighted by atomic mass is 10.1. The van der Waals surface area contributed by atoms with Crippen LogP contribution in [-0.4, -0.2) is 106 Å². The third-order valence-corrected chi connectivity index (χ3v) is 7.83.